The Kier molecular flexibility index (Phi) is 7.37. The Morgan fingerprint density at radius 2 is 1.69 bits per heavy atom. The number of urea groups is 1. The van der Waals surface area contributed by atoms with Crippen molar-refractivity contribution < 1.29 is 14.4 Å². The maximum atomic E-state index is 13.5. The summed E-state index contributed by atoms with van der Waals surface area (Å²) in [7, 11) is 0. The number of piperazine rings is 1. The molecule has 182 valence electrons. The zero-order chi connectivity index (χ0) is 24.9. The van der Waals surface area contributed by atoms with Crippen molar-refractivity contribution in [1.82, 2.24) is 25.1 Å². The third-order valence-electron chi connectivity index (χ3n) is 6.38. The molecule has 0 radical (unpaired) electrons. The van der Waals surface area contributed by atoms with Crippen molar-refractivity contribution in [3.63, 3.8) is 0 Å². The number of fused-ring (bicyclic) bond motifs is 1. The number of terminal acetylenes is 1. The first-order chi connectivity index (χ1) is 16.9. The lowest BCUT2D eigenvalue weighted by molar-refractivity contribution is -0.192. The van der Waals surface area contributed by atoms with Crippen LogP contribution in [0.3, 0.4) is 0 Å². The van der Waals surface area contributed by atoms with E-state index in [-0.39, 0.29) is 43.4 Å². The molecular weight excluding hydrogens is 442 g/mol. The van der Waals surface area contributed by atoms with Crippen molar-refractivity contribution in [3.05, 3.63) is 71.8 Å². The van der Waals surface area contributed by atoms with Gasteiger partial charge in [0.15, 0.2) is 0 Å². The zero-order valence-corrected chi connectivity index (χ0v) is 20.1. The maximum absolute atomic E-state index is 13.5. The van der Waals surface area contributed by atoms with Gasteiger partial charge < -0.3 is 15.1 Å². The van der Waals surface area contributed by atoms with E-state index in [9.17, 15) is 14.4 Å². The molecule has 8 nitrogen and oxygen atoms in total. The molecular formula is C27H31N5O3. The van der Waals surface area contributed by atoms with Gasteiger partial charge in [-0.15, -0.1) is 6.42 Å². The van der Waals surface area contributed by atoms with Crippen LogP contribution < -0.4 is 5.32 Å². The molecule has 0 bridgehead atoms. The van der Waals surface area contributed by atoms with E-state index in [0.29, 0.717) is 13.1 Å². The Balaban J connectivity index is 1.65. The zero-order valence-electron chi connectivity index (χ0n) is 20.1. The van der Waals surface area contributed by atoms with Crippen LogP contribution in [0, 0.1) is 18.3 Å². The summed E-state index contributed by atoms with van der Waals surface area (Å²) < 4.78 is 0. The number of rotatable bonds is 6. The molecule has 0 saturated carbocycles. The van der Waals surface area contributed by atoms with E-state index in [1.54, 1.807) is 14.8 Å². The first-order valence-corrected chi connectivity index (χ1v) is 11.8. The lowest BCUT2D eigenvalue weighted by Crippen LogP contribution is -2.77. The van der Waals surface area contributed by atoms with Crippen LogP contribution in [0.1, 0.15) is 25.0 Å². The number of hydrazine groups is 1. The Hall–Kier alpha value is -3.83. The summed E-state index contributed by atoms with van der Waals surface area (Å²) in [6.45, 7) is 4.82. The summed E-state index contributed by atoms with van der Waals surface area (Å²) in [5.41, 5.74) is 1.94. The van der Waals surface area contributed by atoms with Crippen LogP contribution in [-0.4, -0.2) is 69.5 Å². The molecule has 2 saturated heterocycles. The summed E-state index contributed by atoms with van der Waals surface area (Å²) in [6.07, 6.45) is 4.93. The van der Waals surface area contributed by atoms with Gasteiger partial charge in [0.05, 0.1) is 19.6 Å². The standard InChI is InChI=1S/C27H31N5O3/c1-4-15-30-19-24(33)31-23(32(30)27(35)28-16-21-11-7-5-8-12-21)18-29(26(34)25(31)20(2)3)17-22-13-9-6-10-14-22/h1,5-14,20,23,25H,15-19H2,2-3H3,(H,28,35)/t23-,25-/m0/s1. The maximum Gasteiger partial charge on any atom is 0.334 e. The van der Waals surface area contributed by atoms with Crippen molar-refractivity contribution >= 4 is 17.8 Å². The van der Waals surface area contributed by atoms with Gasteiger partial charge in [0.25, 0.3) is 0 Å². The Morgan fingerprint density at radius 1 is 1.06 bits per heavy atom. The summed E-state index contributed by atoms with van der Waals surface area (Å²) >= 11 is 0. The molecule has 4 amide bonds. The fourth-order valence-corrected chi connectivity index (χ4v) is 4.79. The second-order valence-electron chi connectivity index (χ2n) is 9.19. The summed E-state index contributed by atoms with van der Waals surface area (Å²) in [6, 6.07) is 18.3. The van der Waals surface area contributed by atoms with Crippen molar-refractivity contribution in [2.24, 2.45) is 5.92 Å². The average Bonchev–Trinajstić information content (AvgIpc) is 2.85. The normalized spacial score (nSPS) is 20.6. The van der Waals surface area contributed by atoms with Gasteiger partial charge in [-0.25, -0.2) is 9.80 Å². The fraction of sp³-hybridized carbons (Fsp3) is 0.370. The summed E-state index contributed by atoms with van der Waals surface area (Å²) in [5.74, 6) is 2.12. The molecule has 8 heteroatoms. The number of hydrogen-bond donors (Lipinski definition) is 1. The number of carbonyl (C=O) groups is 3. The SMILES string of the molecule is C#CCN1CC(=O)N2[C@@H](C(C)C)C(=O)N(Cc3ccccc3)C[C@@H]2N1C(=O)NCc1ccccc1. The van der Waals surface area contributed by atoms with Crippen LogP contribution in [0.15, 0.2) is 60.7 Å². The average molecular weight is 474 g/mol. The predicted octanol–water partition coefficient (Wildman–Crippen LogP) is 2.28. The molecule has 2 aromatic carbocycles. The number of hydrogen-bond acceptors (Lipinski definition) is 4. The van der Waals surface area contributed by atoms with Crippen molar-refractivity contribution in [2.75, 3.05) is 19.6 Å². The molecule has 2 heterocycles. The van der Waals surface area contributed by atoms with E-state index in [4.69, 9.17) is 6.42 Å². The van der Waals surface area contributed by atoms with Crippen molar-refractivity contribution in [1.29, 1.82) is 0 Å². The molecule has 4 rings (SSSR count). The van der Waals surface area contributed by atoms with Crippen LogP contribution >= 0.6 is 0 Å². The lowest BCUT2D eigenvalue weighted by Gasteiger charge is -2.55. The molecule has 0 unspecified atom stereocenters. The highest BCUT2D eigenvalue weighted by molar-refractivity contribution is 5.91. The van der Waals surface area contributed by atoms with E-state index in [1.807, 2.05) is 74.5 Å². The van der Waals surface area contributed by atoms with Gasteiger partial charge in [0.1, 0.15) is 12.2 Å². The van der Waals surface area contributed by atoms with Crippen molar-refractivity contribution in [2.45, 2.75) is 39.1 Å². The van der Waals surface area contributed by atoms with Gasteiger partial charge in [0.2, 0.25) is 11.8 Å². The van der Waals surface area contributed by atoms with E-state index in [1.165, 1.54) is 5.01 Å². The second kappa shape index (κ2) is 10.6. The van der Waals surface area contributed by atoms with Crippen LogP contribution in [0.4, 0.5) is 4.79 Å². The molecule has 2 atom stereocenters. The molecule has 35 heavy (non-hydrogen) atoms. The molecule has 0 spiro atoms. The number of carbonyl (C=O) groups excluding carboxylic acids is 3. The summed E-state index contributed by atoms with van der Waals surface area (Å²) in [4.78, 5) is 43.6. The smallest absolute Gasteiger partial charge is 0.333 e. The topological polar surface area (TPSA) is 76.2 Å². The highest BCUT2D eigenvalue weighted by Gasteiger charge is 2.52. The van der Waals surface area contributed by atoms with E-state index in [2.05, 4.69) is 11.2 Å². The number of amides is 4. The number of nitrogens with one attached hydrogen (secondary N) is 1. The number of benzene rings is 2. The minimum absolute atomic E-state index is 0.0609. The predicted molar refractivity (Wildman–Crippen MR) is 132 cm³/mol. The fourth-order valence-electron chi connectivity index (χ4n) is 4.79. The molecule has 2 aliphatic rings. The first kappa shape index (κ1) is 24.3. The van der Waals surface area contributed by atoms with Crippen LogP contribution in [-0.2, 0) is 22.7 Å². The van der Waals surface area contributed by atoms with Gasteiger partial charge in [-0.05, 0) is 17.0 Å². The van der Waals surface area contributed by atoms with Gasteiger partial charge in [-0.2, -0.15) is 5.01 Å². The molecule has 2 fully saturated rings. The second-order valence-corrected chi connectivity index (χ2v) is 9.19. The van der Waals surface area contributed by atoms with Crippen molar-refractivity contribution in [3.8, 4) is 12.3 Å². The van der Waals surface area contributed by atoms with E-state index in [0.717, 1.165) is 11.1 Å². The van der Waals surface area contributed by atoms with Gasteiger partial charge in [-0.1, -0.05) is 80.4 Å². The molecule has 2 aliphatic heterocycles. The Bertz CT molecular complexity index is 1100. The minimum atomic E-state index is -0.664. The van der Waals surface area contributed by atoms with Gasteiger partial charge in [-0.3, -0.25) is 9.59 Å². The largest absolute Gasteiger partial charge is 0.334 e. The van der Waals surface area contributed by atoms with Crippen LogP contribution in [0.2, 0.25) is 0 Å². The molecule has 0 aromatic heterocycles. The molecule has 1 N–H and O–H groups in total. The van der Waals surface area contributed by atoms with Crippen LogP contribution in [0.5, 0.6) is 0 Å². The third kappa shape index (κ3) is 5.15. The highest BCUT2D eigenvalue weighted by Crippen LogP contribution is 2.30. The third-order valence-corrected chi connectivity index (χ3v) is 6.38. The van der Waals surface area contributed by atoms with Gasteiger partial charge >= 0.3 is 6.03 Å². The number of nitrogens with zero attached hydrogens (tertiary/aromatic N) is 4. The minimum Gasteiger partial charge on any atom is -0.333 e. The first-order valence-electron chi connectivity index (χ1n) is 11.8. The molecule has 0 aliphatic carbocycles. The van der Waals surface area contributed by atoms with Gasteiger partial charge in [0, 0.05) is 13.1 Å². The Labute approximate surface area is 206 Å². The lowest BCUT2D eigenvalue weighted by atomic mass is 9.96. The van der Waals surface area contributed by atoms with E-state index < -0.39 is 12.2 Å². The van der Waals surface area contributed by atoms with Crippen LogP contribution in [0.25, 0.3) is 0 Å². The summed E-state index contributed by atoms with van der Waals surface area (Å²) in [5, 5.41) is 6.09. The quantitative estimate of drug-likeness (QED) is 0.654. The molecule has 2 aromatic rings. The van der Waals surface area contributed by atoms with E-state index >= 15 is 0 Å². The highest BCUT2D eigenvalue weighted by atomic mass is 16.2. The monoisotopic (exact) mass is 473 g/mol. The Morgan fingerprint density at radius 3 is 2.29 bits per heavy atom.